The maximum atomic E-state index is 12.8. The number of piperidine rings is 1. The van der Waals surface area contributed by atoms with Gasteiger partial charge in [0, 0.05) is 54.2 Å². The van der Waals surface area contributed by atoms with Crippen LogP contribution in [-0.4, -0.2) is 33.9 Å². The first-order valence-electron chi connectivity index (χ1n) is 9.58. The molecule has 28 heavy (non-hydrogen) atoms. The van der Waals surface area contributed by atoms with Gasteiger partial charge in [-0.15, -0.1) is 0 Å². The molecule has 3 heterocycles. The summed E-state index contributed by atoms with van der Waals surface area (Å²) in [5.41, 5.74) is 3.93. The zero-order valence-corrected chi connectivity index (χ0v) is 16.3. The smallest absolute Gasteiger partial charge is 0.255 e. The molecule has 0 radical (unpaired) electrons. The molecule has 4 nitrogen and oxygen atoms in total. The van der Waals surface area contributed by atoms with E-state index in [0.29, 0.717) is 12.1 Å². The lowest BCUT2D eigenvalue weighted by molar-refractivity contribution is 0.0705. The Hall–Kier alpha value is -2.72. The monoisotopic (exact) mass is 391 g/mol. The standard InChI is InChI=1S/C23H22ClN3O/c24-20-10-8-17(9-11-20)14-21-6-1-7-22(26-21)19-5-3-13-27(16-19)23(28)18-4-2-12-25-15-18/h1-2,4,6-12,15,19H,3,5,13-14,16H2/t19-/m0/s1. The van der Waals surface area contributed by atoms with Gasteiger partial charge in [-0.2, -0.15) is 0 Å². The molecule has 0 bridgehead atoms. The van der Waals surface area contributed by atoms with Crippen LogP contribution in [0.2, 0.25) is 5.02 Å². The zero-order chi connectivity index (χ0) is 19.3. The highest BCUT2D eigenvalue weighted by Gasteiger charge is 2.26. The van der Waals surface area contributed by atoms with Gasteiger partial charge in [0.25, 0.3) is 5.91 Å². The molecular formula is C23H22ClN3O. The number of hydrogen-bond donors (Lipinski definition) is 0. The molecule has 1 aliphatic rings. The maximum absolute atomic E-state index is 12.8. The summed E-state index contributed by atoms with van der Waals surface area (Å²) in [6, 6.07) is 17.7. The molecule has 0 saturated carbocycles. The summed E-state index contributed by atoms with van der Waals surface area (Å²) in [6.45, 7) is 1.49. The largest absolute Gasteiger partial charge is 0.338 e. The fourth-order valence-electron chi connectivity index (χ4n) is 3.71. The van der Waals surface area contributed by atoms with Gasteiger partial charge in [0.15, 0.2) is 0 Å². The SMILES string of the molecule is O=C(c1cccnc1)N1CCC[C@H](c2cccc(Cc3ccc(Cl)cc3)n2)C1. The number of pyridine rings is 2. The summed E-state index contributed by atoms with van der Waals surface area (Å²) in [6.07, 6.45) is 6.13. The number of carbonyl (C=O) groups is 1. The van der Waals surface area contributed by atoms with Crippen molar-refractivity contribution in [3.63, 3.8) is 0 Å². The molecule has 0 N–H and O–H groups in total. The highest BCUT2D eigenvalue weighted by molar-refractivity contribution is 6.30. The van der Waals surface area contributed by atoms with Crippen LogP contribution in [-0.2, 0) is 6.42 Å². The van der Waals surface area contributed by atoms with Crippen molar-refractivity contribution in [2.75, 3.05) is 13.1 Å². The van der Waals surface area contributed by atoms with E-state index in [1.54, 1.807) is 18.5 Å². The first-order chi connectivity index (χ1) is 13.7. The van der Waals surface area contributed by atoms with Crippen LogP contribution in [0.3, 0.4) is 0 Å². The van der Waals surface area contributed by atoms with Gasteiger partial charge in [0.1, 0.15) is 0 Å². The van der Waals surface area contributed by atoms with Crippen molar-refractivity contribution in [1.82, 2.24) is 14.9 Å². The average molecular weight is 392 g/mol. The van der Waals surface area contributed by atoms with Gasteiger partial charge in [0.05, 0.1) is 5.56 Å². The topological polar surface area (TPSA) is 46.1 Å². The van der Waals surface area contributed by atoms with E-state index in [0.717, 1.165) is 42.2 Å². The molecule has 142 valence electrons. The molecule has 0 spiro atoms. The lowest BCUT2D eigenvalue weighted by Crippen LogP contribution is -2.39. The number of carbonyl (C=O) groups excluding carboxylic acids is 1. The number of benzene rings is 1. The lowest BCUT2D eigenvalue weighted by Gasteiger charge is -2.32. The summed E-state index contributed by atoms with van der Waals surface area (Å²) < 4.78 is 0. The molecule has 0 aliphatic carbocycles. The van der Waals surface area contributed by atoms with Crippen molar-refractivity contribution in [3.8, 4) is 0 Å². The molecule has 0 unspecified atom stereocenters. The Labute approximate surface area is 170 Å². The minimum absolute atomic E-state index is 0.0510. The second kappa shape index (κ2) is 8.53. The highest BCUT2D eigenvalue weighted by Crippen LogP contribution is 2.27. The summed E-state index contributed by atoms with van der Waals surface area (Å²) in [4.78, 5) is 23.7. The van der Waals surface area contributed by atoms with E-state index in [2.05, 4.69) is 23.2 Å². The fraction of sp³-hybridized carbons (Fsp3) is 0.261. The maximum Gasteiger partial charge on any atom is 0.255 e. The number of nitrogens with zero attached hydrogens (tertiary/aromatic N) is 3. The molecule has 5 heteroatoms. The van der Waals surface area contributed by atoms with Crippen LogP contribution in [0.1, 0.15) is 46.1 Å². The van der Waals surface area contributed by atoms with E-state index >= 15 is 0 Å². The van der Waals surface area contributed by atoms with Gasteiger partial charge >= 0.3 is 0 Å². The predicted octanol–water partition coefficient (Wildman–Crippen LogP) is 4.74. The third kappa shape index (κ3) is 4.39. The van der Waals surface area contributed by atoms with Crippen molar-refractivity contribution in [3.05, 3.63) is 94.5 Å². The van der Waals surface area contributed by atoms with E-state index in [9.17, 15) is 4.79 Å². The first kappa shape index (κ1) is 18.6. The minimum Gasteiger partial charge on any atom is -0.338 e. The Bertz CT molecular complexity index is 944. The van der Waals surface area contributed by atoms with Crippen LogP contribution < -0.4 is 0 Å². The van der Waals surface area contributed by atoms with Crippen molar-refractivity contribution < 1.29 is 4.79 Å². The summed E-state index contributed by atoms with van der Waals surface area (Å²) in [7, 11) is 0. The summed E-state index contributed by atoms with van der Waals surface area (Å²) in [5.74, 6) is 0.314. The van der Waals surface area contributed by atoms with Gasteiger partial charge in [-0.05, 0) is 54.8 Å². The molecule has 4 rings (SSSR count). The quantitative estimate of drug-likeness (QED) is 0.645. The Kier molecular flexibility index (Phi) is 5.68. The molecule has 1 aromatic carbocycles. The second-order valence-electron chi connectivity index (χ2n) is 7.19. The van der Waals surface area contributed by atoms with Crippen molar-refractivity contribution >= 4 is 17.5 Å². The van der Waals surface area contributed by atoms with Crippen LogP contribution in [0.25, 0.3) is 0 Å². The Morgan fingerprint density at radius 2 is 1.96 bits per heavy atom. The van der Waals surface area contributed by atoms with Crippen LogP contribution in [0.4, 0.5) is 0 Å². The van der Waals surface area contributed by atoms with Crippen LogP contribution in [0.5, 0.6) is 0 Å². The number of hydrogen-bond acceptors (Lipinski definition) is 3. The summed E-state index contributed by atoms with van der Waals surface area (Å²) in [5, 5.41) is 0.742. The van der Waals surface area contributed by atoms with Gasteiger partial charge < -0.3 is 4.90 Å². The van der Waals surface area contributed by atoms with E-state index in [4.69, 9.17) is 16.6 Å². The molecule has 3 aromatic rings. The van der Waals surface area contributed by atoms with Gasteiger partial charge in [-0.1, -0.05) is 29.8 Å². The van der Waals surface area contributed by atoms with E-state index in [1.807, 2.05) is 35.2 Å². The molecular weight excluding hydrogens is 370 g/mol. The average Bonchev–Trinajstić information content (AvgIpc) is 2.76. The number of likely N-dealkylation sites (tertiary alicyclic amines) is 1. The first-order valence-corrected chi connectivity index (χ1v) is 9.96. The Morgan fingerprint density at radius 1 is 1.11 bits per heavy atom. The number of halogens is 1. The third-order valence-corrected chi connectivity index (χ3v) is 5.41. The minimum atomic E-state index is 0.0510. The normalized spacial score (nSPS) is 16.8. The van der Waals surface area contributed by atoms with E-state index in [1.165, 1.54) is 5.56 Å². The van der Waals surface area contributed by atoms with Gasteiger partial charge in [-0.25, -0.2) is 0 Å². The van der Waals surface area contributed by atoms with Gasteiger partial charge in [-0.3, -0.25) is 14.8 Å². The van der Waals surface area contributed by atoms with Crippen molar-refractivity contribution in [2.45, 2.75) is 25.2 Å². The van der Waals surface area contributed by atoms with E-state index in [-0.39, 0.29) is 11.8 Å². The fourth-order valence-corrected chi connectivity index (χ4v) is 3.84. The molecule has 2 aromatic heterocycles. The third-order valence-electron chi connectivity index (χ3n) is 5.16. The van der Waals surface area contributed by atoms with E-state index < -0.39 is 0 Å². The number of rotatable bonds is 4. The van der Waals surface area contributed by atoms with Crippen molar-refractivity contribution in [2.24, 2.45) is 0 Å². The zero-order valence-electron chi connectivity index (χ0n) is 15.6. The molecule has 1 fully saturated rings. The van der Waals surface area contributed by atoms with Crippen LogP contribution in [0.15, 0.2) is 67.0 Å². The molecule has 1 amide bonds. The molecule has 1 saturated heterocycles. The molecule has 1 aliphatic heterocycles. The van der Waals surface area contributed by atoms with Gasteiger partial charge in [0.2, 0.25) is 0 Å². The molecule has 1 atom stereocenters. The second-order valence-corrected chi connectivity index (χ2v) is 7.63. The van der Waals surface area contributed by atoms with Crippen LogP contribution >= 0.6 is 11.6 Å². The lowest BCUT2D eigenvalue weighted by atomic mass is 9.93. The predicted molar refractivity (Wildman–Crippen MR) is 111 cm³/mol. The highest BCUT2D eigenvalue weighted by atomic mass is 35.5. The summed E-state index contributed by atoms with van der Waals surface area (Å²) >= 11 is 5.97. The Balaban J connectivity index is 1.47. The van der Waals surface area contributed by atoms with Crippen LogP contribution in [0, 0.1) is 0 Å². The Morgan fingerprint density at radius 3 is 2.75 bits per heavy atom. The van der Waals surface area contributed by atoms with Crippen molar-refractivity contribution in [1.29, 1.82) is 0 Å². The number of aromatic nitrogens is 2. The number of amides is 1.